The fourth-order valence-electron chi connectivity index (χ4n) is 1.49. The van der Waals surface area contributed by atoms with Gasteiger partial charge in [-0.15, -0.1) is 13.2 Å². The molecule has 148 valence electrons. The van der Waals surface area contributed by atoms with Gasteiger partial charge < -0.3 is 24.4 Å². The van der Waals surface area contributed by atoms with Crippen molar-refractivity contribution in [1.82, 2.24) is 0 Å². The summed E-state index contributed by atoms with van der Waals surface area (Å²) < 4.78 is 77.6. The van der Waals surface area contributed by atoms with Gasteiger partial charge in [0.1, 0.15) is 0 Å². The molecule has 0 saturated carbocycles. The molecule has 0 aromatic heterocycles. The van der Waals surface area contributed by atoms with Crippen molar-refractivity contribution in [2.24, 2.45) is 0 Å². The maximum Gasteiger partial charge on any atom is 0.292 e. The van der Waals surface area contributed by atoms with Crippen molar-refractivity contribution in [3.8, 4) is 0 Å². The van der Waals surface area contributed by atoms with Crippen molar-refractivity contribution < 1.29 is 50.4 Å². The Morgan fingerprint density at radius 2 is 1.12 bits per heavy atom. The summed E-state index contributed by atoms with van der Waals surface area (Å²) in [6, 6.07) is 0. The number of hydrogen-bond acceptors (Lipinski definition) is 9. The number of rotatable bonds is 14. The van der Waals surface area contributed by atoms with Crippen LogP contribution in [-0.4, -0.2) is 72.8 Å². The first-order chi connectivity index (χ1) is 11.4. The van der Waals surface area contributed by atoms with E-state index in [1.54, 1.807) is 0 Å². The molecule has 13 heteroatoms. The quantitative estimate of drug-likeness (QED) is 0.162. The summed E-state index contributed by atoms with van der Waals surface area (Å²) in [4.78, 5) is 0. The van der Waals surface area contributed by atoms with Crippen LogP contribution in [0.5, 0.6) is 0 Å². The molecule has 0 aromatic rings. The molecule has 0 heterocycles. The normalized spacial score (nSPS) is 17.4. The van der Waals surface area contributed by atoms with Crippen LogP contribution >= 0.6 is 0 Å². The molecular formula is C12H22O11S2. The lowest BCUT2D eigenvalue weighted by atomic mass is 10.4. The predicted molar refractivity (Wildman–Crippen MR) is 85.3 cm³/mol. The Morgan fingerprint density at radius 3 is 1.36 bits per heavy atom. The van der Waals surface area contributed by atoms with Crippen molar-refractivity contribution >= 4 is 20.2 Å². The summed E-state index contributed by atoms with van der Waals surface area (Å²) in [5.41, 5.74) is -4.52. The second-order valence-corrected chi connectivity index (χ2v) is 7.76. The van der Waals surface area contributed by atoms with Gasteiger partial charge in [0.2, 0.25) is 0 Å². The molecule has 4 unspecified atom stereocenters. The Hall–Kier alpha value is -0.900. The van der Waals surface area contributed by atoms with Gasteiger partial charge in [0.25, 0.3) is 20.2 Å². The standard InChI is InChI=1S/C12H22O11S2/c1-3-5-21-9(13)7-11(24(15,16)17)23-12(25(18,19)20)8-10(14)22-6-4-2/h3-4,9-14H,1-2,5-8H2,(H,15,16,17)(H,18,19,20). The van der Waals surface area contributed by atoms with Gasteiger partial charge in [0, 0.05) is 12.8 Å². The van der Waals surface area contributed by atoms with Crippen LogP contribution in [0.15, 0.2) is 25.3 Å². The topological polar surface area (TPSA) is 177 Å². The van der Waals surface area contributed by atoms with Gasteiger partial charge in [-0.3, -0.25) is 9.11 Å². The predicted octanol–water partition coefficient (Wildman–Crippen LogP) is -0.747. The molecule has 11 nitrogen and oxygen atoms in total. The number of aliphatic hydroxyl groups excluding tert-OH is 2. The fraction of sp³-hybridized carbons (Fsp3) is 0.667. The molecule has 0 spiro atoms. The second-order valence-electron chi connectivity index (χ2n) is 4.65. The first-order valence-corrected chi connectivity index (χ1v) is 9.81. The van der Waals surface area contributed by atoms with Crippen molar-refractivity contribution in [1.29, 1.82) is 0 Å². The van der Waals surface area contributed by atoms with E-state index in [0.29, 0.717) is 0 Å². The molecule has 0 saturated heterocycles. The van der Waals surface area contributed by atoms with Crippen molar-refractivity contribution in [2.45, 2.75) is 36.3 Å². The van der Waals surface area contributed by atoms with Crippen molar-refractivity contribution in [2.75, 3.05) is 13.2 Å². The average Bonchev–Trinajstić information content (AvgIpc) is 2.47. The lowest BCUT2D eigenvalue weighted by molar-refractivity contribution is -0.128. The van der Waals surface area contributed by atoms with E-state index in [4.69, 9.17) is 18.6 Å². The van der Waals surface area contributed by atoms with Gasteiger partial charge in [-0.05, 0) is 0 Å². The highest BCUT2D eigenvalue weighted by Gasteiger charge is 2.36. The molecule has 0 aromatic carbocycles. The van der Waals surface area contributed by atoms with Gasteiger partial charge in [-0.25, -0.2) is 0 Å². The minimum absolute atomic E-state index is 0.158. The summed E-state index contributed by atoms with van der Waals surface area (Å²) in [5.74, 6) is 0. The van der Waals surface area contributed by atoms with Crippen LogP contribution in [0.1, 0.15) is 12.8 Å². The summed E-state index contributed by atoms with van der Waals surface area (Å²) >= 11 is 0. The van der Waals surface area contributed by atoms with E-state index in [-0.39, 0.29) is 13.2 Å². The molecule has 0 fully saturated rings. The Balaban J connectivity index is 5.20. The van der Waals surface area contributed by atoms with Crippen LogP contribution in [0.3, 0.4) is 0 Å². The van der Waals surface area contributed by atoms with E-state index in [1.807, 2.05) is 0 Å². The first kappa shape index (κ1) is 24.1. The third-order valence-corrected chi connectivity index (χ3v) is 4.51. The van der Waals surface area contributed by atoms with E-state index >= 15 is 0 Å². The highest BCUT2D eigenvalue weighted by molar-refractivity contribution is 7.87. The Morgan fingerprint density at radius 1 is 0.800 bits per heavy atom. The van der Waals surface area contributed by atoms with Gasteiger partial charge in [0.05, 0.1) is 13.2 Å². The minimum atomic E-state index is -5.00. The van der Waals surface area contributed by atoms with E-state index in [1.165, 1.54) is 12.2 Å². The van der Waals surface area contributed by atoms with Gasteiger partial charge >= 0.3 is 0 Å². The summed E-state index contributed by atoms with van der Waals surface area (Å²) in [6.45, 7) is 6.29. The zero-order valence-electron chi connectivity index (χ0n) is 13.2. The SMILES string of the molecule is C=CCOC(O)CC(OC(CC(O)OCC=C)S(=O)(=O)O)S(=O)(=O)O. The smallest absolute Gasteiger partial charge is 0.292 e. The maximum absolute atomic E-state index is 11.3. The van der Waals surface area contributed by atoms with Gasteiger partial charge in [-0.2, -0.15) is 16.8 Å². The Labute approximate surface area is 146 Å². The van der Waals surface area contributed by atoms with E-state index in [2.05, 4.69) is 17.9 Å². The number of ether oxygens (including phenoxy) is 3. The molecule has 0 aliphatic rings. The molecule has 0 bridgehead atoms. The summed E-state index contributed by atoms with van der Waals surface area (Å²) in [6.07, 6.45) is -2.73. The zero-order chi connectivity index (χ0) is 19.7. The first-order valence-electron chi connectivity index (χ1n) is 6.81. The highest BCUT2D eigenvalue weighted by atomic mass is 32.2. The lowest BCUT2D eigenvalue weighted by Crippen LogP contribution is -2.38. The van der Waals surface area contributed by atoms with E-state index in [0.717, 1.165) is 0 Å². The van der Waals surface area contributed by atoms with Gasteiger partial charge in [-0.1, -0.05) is 12.2 Å². The molecule has 0 radical (unpaired) electrons. The molecule has 0 aliphatic carbocycles. The zero-order valence-corrected chi connectivity index (χ0v) is 14.8. The Kier molecular flexibility index (Phi) is 10.6. The second kappa shape index (κ2) is 10.9. The minimum Gasteiger partial charge on any atom is -0.368 e. The maximum atomic E-state index is 11.3. The Bertz CT molecular complexity index is 559. The molecule has 0 aliphatic heterocycles. The number of hydrogen-bond donors (Lipinski definition) is 4. The summed E-state index contributed by atoms with van der Waals surface area (Å²) in [7, 11) is -9.99. The lowest BCUT2D eigenvalue weighted by Gasteiger charge is -2.24. The van der Waals surface area contributed by atoms with E-state index in [9.17, 15) is 27.0 Å². The molecular weight excluding hydrogens is 384 g/mol. The molecule has 0 rings (SSSR count). The third-order valence-electron chi connectivity index (χ3n) is 2.57. The average molecular weight is 406 g/mol. The van der Waals surface area contributed by atoms with E-state index < -0.39 is 56.5 Å². The van der Waals surface area contributed by atoms with Crippen LogP contribution in [0.4, 0.5) is 0 Å². The molecule has 4 atom stereocenters. The highest BCUT2D eigenvalue weighted by Crippen LogP contribution is 2.19. The largest absolute Gasteiger partial charge is 0.368 e. The molecule has 25 heavy (non-hydrogen) atoms. The molecule has 0 amide bonds. The van der Waals surface area contributed by atoms with Crippen LogP contribution in [0.2, 0.25) is 0 Å². The van der Waals surface area contributed by atoms with Crippen LogP contribution in [0, 0.1) is 0 Å². The monoisotopic (exact) mass is 406 g/mol. The summed E-state index contributed by atoms with van der Waals surface area (Å²) in [5, 5.41) is 19.0. The number of aliphatic hydroxyl groups is 2. The van der Waals surface area contributed by atoms with Crippen molar-refractivity contribution in [3.63, 3.8) is 0 Å². The third kappa shape index (κ3) is 10.6. The van der Waals surface area contributed by atoms with Gasteiger partial charge in [0.15, 0.2) is 23.5 Å². The van der Waals surface area contributed by atoms with Crippen molar-refractivity contribution in [3.05, 3.63) is 25.3 Å². The fourth-order valence-corrected chi connectivity index (χ4v) is 2.92. The van der Waals surface area contributed by atoms with Crippen LogP contribution in [-0.2, 0) is 34.4 Å². The van der Waals surface area contributed by atoms with Crippen LogP contribution < -0.4 is 0 Å². The van der Waals surface area contributed by atoms with Crippen LogP contribution in [0.25, 0.3) is 0 Å². The molecule has 4 N–H and O–H groups in total.